The molecule has 0 bridgehead atoms. The number of esters is 2. The molecule has 8 heteroatoms. The van der Waals surface area contributed by atoms with E-state index in [2.05, 4.69) is 13.8 Å². The number of carbonyl (C=O) groups excluding carboxylic acids is 2. The van der Waals surface area contributed by atoms with Crippen molar-refractivity contribution in [1.82, 2.24) is 0 Å². The molecule has 0 radical (unpaired) electrons. The molecular weight excluding hydrogens is 587 g/mol. The number of carbonyl (C=O) groups is 2. The first-order valence-electron chi connectivity index (χ1n) is 19.2. The van der Waals surface area contributed by atoms with Crippen LogP contribution in [-0.2, 0) is 23.6 Å². The Kier molecular flexibility index (Phi) is 32.3. The molecule has 0 heterocycles. The highest BCUT2D eigenvalue weighted by molar-refractivity contribution is 7.51. The van der Waals surface area contributed by atoms with E-state index in [4.69, 9.17) is 9.47 Å². The first-order valence-corrected chi connectivity index (χ1v) is 21.0. The Labute approximate surface area is 277 Å². The van der Waals surface area contributed by atoms with E-state index in [-0.39, 0.29) is 37.5 Å². The minimum atomic E-state index is -4.12. The zero-order valence-corrected chi connectivity index (χ0v) is 30.5. The number of hydrogen-bond acceptors (Lipinski definition) is 5. The summed E-state index contributed by atoms with van der Waals surface area (Å²) in [4.78, 5) is 43.1. The van der Waals surface area contributed by atoms with Crippen LogP contribution < -0.4 is 0 Å². The smallest absolute Gasteiger partial charge is 0.325 e. The van der Waals surface area contributed by atoms with Crippen LogP contribution >= 0.6 is 7.60 Å². The van der Waals surface area contributed by atoms with Gasteiger partial charge in [-0.1, -0.05) is 168 Å². The molecule has 1 atom stereocenters. The Bertz CT molecular complexity index is 709. The summed E-state index contributed by atoms with van der Waals surface area (Å²) in [6.07, 6.45) is 32.4. The summed E-state index contributed by atoms with van der Waals surface area (Å²) in [5.41, 5.74) is 0. The molecular formula is C37H73O7P. The molecule has 7 nitrogen and oxygen atoms in total. The highest BCUT2D eigenvalue weighted by atomic mass is 31.2. The Morgan fingerprint density at radius 3 is 1.20 bits per heavy atom. The van der Waals surface area contributed by atoms with Crippen LogP contribution in [0.15, 0.2) is 0 Å². The van der Waals surface area contributed by atoms with Crippen molar-refractivity contribution in [2.75, 3.05) is 12.8 Å². The fourth-order valence-corrected chi connectivity index (χ4v) is 6.37. The molecule has 0 fully saturated rings. The SMILES string of the molecule is CCCCCCCCCCCCCCCC(=O)OC[C@H](CCCP(=O)(O)O)OC(=O)CCCCCCCCCCCCCCC. The Morgan fingerprint density at radius 1 is 0.511 bits per heavy atom. The lowest BCUT2D eigenvalue weighted by molar-refractivity contribution is -0.159. The van der Waals surface area contributed by atoms with Crippen LogP contribution in [0.5, 0.6) is 0 Å². The summed E-state index contributed by atoms with van der Waals surface area (Å²) in [6.45, 7) is 4.45. The third-order valence-corrected chi connectivity index (χ3v) is 9.57. The van der Waals surface area contributed by atoms with Gasteiger partial charge in [0.15, 0.2) is 0 Å². The summed E-state index contributed by atoms with van der Waals surface area (Å²) in [5.74, 6) is -0.627. The van der Waals surface area contributed by atoms with Crippen LogP contribution in [-0.4, -0.2) is 40.6 Å². The minimum absolute atomic E-state index is 0.0528. The van der Waals surface area contributed by atoms with Gasteiger partial charge in [-0.15, -0.1) is 0 Å². The summed E-state index contributed by atoms with van der Waals surface area (Å²) in [5, 5.41) is 0. The average Bonchev–Trinajstić information content (AvgIpc) is 2.99. The third-order valence-electron chi connectivity index (χ3n) is 8.67. The molecule has 45 heavy (non-hydrogen) atoms. The van der Waals surface area contributed by atoms with Gasteiger partial charge >= 0.3 is 19.5 Å². The minimum Gasteiger partial charge on any atom is -0.462 e. The van der Waals surface area contributed by atoms with Gasteiger partial charge in [-0.05, 0) is 25.7 Å². The summed E-state index contributed by atoms with van der Waals surface area (Å²) in [6, 6.07) is 0. The van der Waals surface area contributed by atoms with Gasteiger partial charge in [0, 0.05) is 19.0 Å². The zero-order chi connectivity index (χ0) is 33.3. The molecule has 0 rings (SSSR count). The van der Waals surface area contributed by atoms with Crippen molar-refractivity contribution in [3.05, 3.63) is 0 Å². The monoisotopic (exact) mass is 661 g/mol. The topological polar surface area (TPSA) is 110 Å². The molecule has 0 saturated heterocycles. The van der Waals surface area contributed by atoms with Crippen molar-refractivity contribution >= 4 is 19.5 Å². The fourth-order valence-electron chi connectivity index (χ4n) is 5.78. The van der Waals surface area contributed by atoms with Gasteiger partial charge in [0.1, 0.15) is 12.7 Å². The molecule has 0 spiro atoms. The molecule has 0 aromatic rings. The number of ether oxygens (including phenoxy) is 2. The maximum absolute atomic E-state index is 12.5. The van der Waals surface area contributed by atoms with Gasteiger partial charge in [-0.2, -0.15) is 0 Å². The lowest BCUT2D eigenvalue weighted by Crippen LogP contribution is -2.25. The van der Waals surface area contributed by atoms with Crippen LogP contribution in [0, 0.1) is 0 Å². The Balaban J connectivity index is 4.00. The van der Waals surface area contributed by atoms with Crippen molar-refractivity contribution in [1.29, 1.82) is 0 Å². The van der Waals surface area contributed by atoms with Crippen molar-refractivity contribution in [3.8, 4) is 0 Å². The molecule has 268 valence electrons. The normalized spacial score (nSPS) is 12.4. The highest BCUT2D eigenvalue weighted by Crippen LogP contribution is 2.35. The number of rotatable bonds is 35. The predicted octanol–water partition coefficient (Wildman–Crippen LogP) is 11.4. The molecule has 0 saturated carbocycles. The summed E-state index contributed by atoms with van der Waals surface area (Å²) < 4.78 is 22.2. The van der Waals surface area contributed by atoms with Crippen LogP contribution in [0.4, 0.5) is 0 Å². The highest BCUT2D eigenvalue weighted by Gasteiger charge is 2.20. The predicted molar refractivity (Wildman–Crippen MR) is 188 cm³/mol. The second kappa shape index (κ2) is 33.0. The quantitative estimate of drug-likeness (QED) is 0.0395. The Morgan fingerprint density at radius 2 is 0.844 bits per heavy atom. The van der Waals surface area contributed by atoms with E-state index in [1.165, 1.54) is 128 Å². The molecule has 0 aliphatic heterocycles. The molecule has 0 aromatic heterocycles. The molecule has 0 aromatic carbocycles. The fraction of sp³-hybridized carbons (Fsp3) is 0.946. The molecule has 0 unspecified atom stereocenters. The molecule has 0 aliphatic carbocycles. The maximum Gasteiger partial charge on any atom is 0.325 e. The standard InChI is InChI=1S/C37H73O7P/c1-3-5-7-9-11-13-15-17-19-21-23-25-27-31-36(38)43-34-35(30-29-33-45(40,41)42)44-37(39)32-28-26-24-22-20-18-16-14-12-10-8-6-4-2/h35H,3-34H2,1-2H3,(H2,40,41,42)/t35-/m0/s1. The van der Waals surface area contributed by atoms with E-state index >= 15 is 0 Å². The van der Waals surface area contributed by atoms with Crippen LogP contribution in [0.25, 0.3) is 0 Å². The molecule has 0 aliphatic rings. The van der Waals surface area contributed by atoms with E-state index < -0.39 is 13.7 Å². The lowest BCUT2D eigenvalue weighted by Gasteiger charge is -2.18. The van der Waals surface area contributed by atoms with E-state index in [0.717, 1.165) is 38.5 Å². The van der Waals surface area contributed by atoms with Gasteiger partial charge in [0.05, 0.1) is 0 Å². The van der Waals surface area contributed by atoms with Crippen LogP contribution in [0.1, 0.15) is 206 Å². The van der Waals surface area contributed by atoms with E-state index in [1.54, 1.807) is 0 Å². The summed E-state index contributed by atoms with van der Waals surface area (Å²) >= 11 is 0. The van der Waals surface area contributed by atoms with E-state index in [1.807, 2.05) is 0 Å². The zero-order valence-electron chi connectivity index (χ0n) is 29.6. The number of unbranched alkanes of at least 4 members (excludes halogenated alkanes) is 24. The second-order valence-corrected chi connectivity index (χ2v) is 15.1. The van der Waals surface area contributed by atoms with E-state index in [9.17, 15) is 23.9 Å². The van der Waals surface area contributed by atoms with Crippen molar-refractivity contribution in [2.45, 2.75) is 213 Å². The van der Waals surface area contributed by atoms with Crippen LogP contribution in [0.3, 0.4) is 0 Å². The van der Waals surface area contributed by atoms with Crippen molar-refractivity contribution in [3.63, 3.8) is 0 Å². The molecule has 0 amide bonds. The lowest BCUT2D eigenvalue weighted by atomic mass is 10.0. The van der Waals surface area contributed by atoms with Crippen molar-refractivity contribution < 1.29 is 33.4 Å². The van der Waals surface area contributed by atoms with Crippen LogP contribution in [0.2, 0.25) is 0 Å². The largest absolute Gasteiger partial charge is 0.462 e. The third kappa shape index (κ3) is 35.8. The number of hydrogen-bond donors (Lipinski definition) is 2. The molecule has 2 N–H and O–H groups in total. The van der Waals surface area contributed by atoms with Gasteiger partial charge in [0.25, 0.3) is 0 Å². The van der Waals surface area contributed by atoms with Gasteiger partial charge < -0.3 is 19.3 Å². The summed E-state index contributed by atoms with van der Waals surface area (Å²) in [7, 11) is -4.12. The van der Waals surface area contributed by atoms with Gasteiger partial charge in [-0.25, -0.2) is 0 Å². The Hall–Kier alpha value is -0.910. The van der Waals surface area contributed by atoms with E-state index in [0.29, 0.717) is 12.8 Å². The van der Waals surface area contributed by atoms with Crippen molar-refractivity contribution in [2.24, 2.45) is 0 Å². The van der Waals surface area contributed by atoms with Gasteiger partial charge in [0.2, 0.25) is 0 Å². The average molecular weight is 661 g/mol. The first-order chi connectivity index (χ1) is 21.8. The maximum atomic E-state index is 12.5. The van der Waals surface area contributed by atoms with Gasteiger partial charge in [-0.3, -0.25) is 14.2 Å². The second-order valence-electron chi connectivity index (χ2n) is 13.3. The first kappa shape index (κ1) is 44.1.